The van der Waals surface area contributed by atoms with Crippen molar-refractivity contribution in [1.29, 1.82) is 5.26 Å². The molecule has 8 heteroatoms. The Morgan fingerprint density at radius 1 is 1.33 bits per heavy atom. The van der Waals surface area contributed by atoms with Gasteiger partial charge in [-0.2, -0.15) is 10.4 Å². The van der Waals surface area contributed by atoms with Gasteiger partial charge in [-0.25, -0.2) is 4.79 Å². The number of likely N-dealkylation sites (tertiary alicyclic amines) is 1. The van der Waals surface area contributed by atoms with Crippen LogP contribution in [0.4, 0.5) is 16.2 Å². The van der Waals surface area contributed by atoms with Gasteiger partial charge in [-0.15, -0.1) is 0 Å². The summed E-state index contributed by atoms with van der Waals surface area (Å²) in [7, 11) is 0. The number of rotatable bonds is 3. The second-order valence-corrected chi connectivity index (χ2v) is 5.53. The molecule has 122 valence electrons. The molecular weight excluding hydrogens is 308 g/mol. The maximum absolute atomic E-state index is 12.3. The van der Waals surface area contributed by atoms with Gasteiger partial charge in [0.1, 0.15) is 0 Å². The average molecular weight is 324 g/mol. The maximum Gasteiger partial charge on any atom is 0.321 e. The summed E-state index contributed by atoms with van der Waals surface area (Å²) < 4.78 is 0. The number of hydrogen-bond donors (Lipinski definition) is 3. The number of aromatic nitrogens is 2. The predicted octanol–water partition coefficient (Wildman–Crippen LogP) is 1.77. The van der Waals surface area contributed by atoms with Crippen LogP contribution in [0.25, 0.3) is 0 Å². The lowest BCUT2D eigenvalue weighted by Crippen LogP contribution is -2.34. The van der Waals surface area contributed by atoms with Crippen LogP contribution in [0.15, 0.2) is 36.7 Å². The number of aromatic amines is 1. The first kappa shape index (κ1) is 15.6. The molecule has 2 aromatic rings. The predicted molar refractivity (Wildman–Crippen MR) is 87.1 cm³/mol. The third-order valence-electron chi connectivity index (χ3n) is 3.85. The second kappa shape index (κ2) is 6.83. The van der Waals surface area contributed by atoms with Gasteiger partial charge in [0.25, 0.3) is 0 Å². The fourth-order valence-electron chi connectivity index (χ4n) is 2.59. The summed E-state index contributed by atoms with van der Waals surface area (Å²) in [6.45, 7) is 0.862. The third-order valence-corrected chi connectivity index (χ3v) is 3.85. The first-order valence-corrected chi connectivity index (χ1v) is 7.51. The first-order chi connectivity index (χ1) is 11.7. The van der Waals surface area contributed by atoms with Crippen LogP contribution in [0, 0.1) is 17.2 Å². The van der Waals surface area contributed by atoms with Crippen molar-refractivity contribution in [3.05, 3.63) is 42.2 Å². The van der Waals surface area contributed by atoms with E-state index in [9.17, 15) is 9.59 Å². The van der Waals surface area contributed by atoms with E-state index in [4.69, 9.17) is 5.26 Å². The lowest BCUT2D eigenvalue weighted by molar-refractivity contribution is -0.119. The second-order valence-electron chi connectivity index (χ2n) is 5.53. The Hall–Kier alpha value is -3.34. The summed E-state index contributed by atoms with van der Waals surface area (Å²) in [5, 5.41) is 20.8. The van der Waals surface area contributed by atoms with Gasteiger partial charge in [-0.1, -0.05) is 6.07 Å². The van der Waals surface area contributed by atoms with E-state index in [1.54, 1.807) is 35.4 Å². The Morgan fingerprint density at radius 2 is 2.21 bits per heavy atom. The van der Waals surface area contributed by atoms with Crippen molar-refractivity contribution >= 4 is 23.3 Å². The summed E-state index contributed by atoms with van der Waals surface area (Å²) in [5.41, 5.74) is 1.65. The molecule has 0 aliphatic carbocycles. The lowest BCUT2D eigenvalue weighted by atomic mass is 10.1. The normalized spacial score (nSPS) is 16.5. The van der Waals surface area contributed by atoms with Gasteiger partial charge in [-0.05, 0) is 24.6 Å². The molecule has 1 fully saturated rings. The molecule has 0 saturated carbocycles. The third kappa shape index (κ3) is 3.52. The van der Waals surface area contributed by atoms with Crippen molar-refractivity contribution in [3.8, 4) is 6.07 Å². The molecule has 24 heavy (non-hydrogen) atoms. The number of carbonyl (C=O) groups is 2. The Kier molecular flexibility index (Phi) is 4.43. The number of hydrogen-bond acceptors (Lipinski definition) is 4. The molecule has 1 aromatic carbocycles. The van der Waals surface area contributed by atoms with Crippen molar-refractivity contribution in [1.82, 2.24) is 15.1 Å². The summed E-state index contributed by atoms with van der Waals surface area (Å²) in [4.78, 5) is 26.1. The van der Waals surface area contributed by atoms with Crippen LogP contribution in [-0.2, 0) is 4.79 Å². The van der Waals surface area contributed by atoms with Crippen LogP contribution in [0.5, 0.6) is 0 Å². The van der Waals surface area contributed by atoms with Crippen molar-refractivity contribution < 1.29 is 9.59 Å². The van der Waals surface area contributed by atoms with E-state index in [0.717, 1.165) is 0 Å². The van der Waals surface area contributed by atoms with E-state index >= 15 is 0 Å². The van der Waals surface area contributed by atoms with E-state index in [1.807, 2.05) is 6.07 Å². The summed E-state index contributed by atoms with van der Waals surface area (Å²) in [6, 6.07) is 8.46. The SMILES string of the molecule is N#Cc1cccc(NC(=O)N2CCC(C(=O)Nc3cn[nH]c3)C2)c1. The highest BCUT2D eigenvalue weighted by molar-refractivity contribution is 5.94. The Morgan fingerprint density at radius 3 is 2.96 bits per heavy atom. The molecule has 0 bridgehead atoms. The van der Waals surface area contributed by atoms with Gasteiger partial charge in [0.05, 0.1) is 29.4 Å². The number of anilines is 2. The van der Waals surface area contributed by atoms with Crippen LogP contribution < -0.4 is 10.6 Å². The van der Waals surface area contributed by atoms with Crippen molar-refractivity contribution in [2.45, 2.75) is 6.42 Å². The molecule has 2 heterocycles. The number of nitrogens with one attached hydrogen (secondary N) is 3. The molecule has 1 unspecified atom stereocenters. The topological polar surface area (TPSA) is 114 Å². The quantitative estimate of drug-likeness (QED) is 0.798. The molecule has 1 aliphatic rings. The van der Waals surface area contributed by atoms with E-state index < -0.39 is 0 Å². The molecule has 0 spiro atoms. The zero-order valence-electron chi connectivity index (χ0n) is 12.8. The number of amides is 3. The van der Waals surface area contributed by atoms with E-state index in [2.05, 4.69) is 20.8 Å². The molecule has 3 amide bonds. The van der Waals surface area contributed by atoms with E-state index in [1.165, 1.54) is 6.20 Å². The van der Waals surface area contributed by atoms with Gasteiger partial charge in [0.2, 0.25) is 5.91 Å². The fourth-order valence-corrected chi connectivity index (χ4v) is 2.59. The fraction of sp³-hybridized carbons (Fsp3) is 0.250. The highest BCUT2D eigenvalue weighted by Gasteiger charge is 2.31. The van der Waals surface area contributed by atoms with Crippen molar-refractivity contribution in [2.24, 2.45) is 5.92 Å². The van der Waals surface area contributed by atoms with Crippen LogP contribution >= 0.6 is 0 Å². The molecule has 1 atom stereocenters. The molecule has 3 N–H and O–H groups in total. The molecule has 0 radical (unpaired) electrons. The smallest absolute Gasteiger partial charge is 0.321 e. The zero-order chi connectivity index (χ0) is 16.9. The van der Waals surface area contributed by atoms with Crippen molar-refractivity contribution in [3.63, 3.8) is 0 Å². The first-order valence-electron chi connectivity index (χ1n) is 7.51. The van der Waals surface area contributed by atoms with Crippen LogP contribution in [-0.4, -0.2) is 40.1 Å². The Bertz CT molecular complexity index is 780. The molecule has 1 aliphatic heterocycles. The van der Waals surface area contributed by atoms with Gasteiger partial charge in [0, 0.05) is 25.0 Å². The standard InChI is InChI=1S/C16H16N6O2/c17-7-11-2-1-3-13(6-11)21-16(24)22-5-4-12(10-22)15(23)20-14-8-18-19-9-14/h1-3,6,8-9,12H,4-5,10H2,(H,18,19)(H,20,23)(H,21,24). The number of nitrogens with zero attached hydrogens (tertiary/aromatic N) is 3. The summed E-state index contributed by atoms with van der Waals surface area (Å²) in [6.07, 6.45) is 3.73. The molecule has 1 saturated heterocycles. The zero-order valence-corrected chi connectivity index (χ0v) is 12.8. The Balaban J connectivity index is 1.55. The van der Waals surface area contributed by atoms with Gasteiger partial charge in [0.15, 0.2) is 0 Å². The number of urea groups is 1. The van der Waals surface area contributed by atoms with Crippen LogP contribution in [0.2, 0.25) is 0 Å². The molecule has 1 aromatic heterocycles. The van der Waals surface area contributed by atoms with E-state index in [-0.39, 0.29) is 17.9 Å². The largest absolute Gasteiger partial charge is 0.324 e. The molecule has 8 nitrogen and oxygen atoms in total. The number of H-pyrrole nitrogens is 1. The minimum Gasteiger partial charge on any atom is -0.324 e. The molecule has 3 rings (SSSR count). The van der Waals surface area contributed by atoms with E-state index in [0.29, 0.717) is 36.4 Å². The van der Waals surface area contributed by atoms with Crippen LogP contribution in [0.1, 0.15) is 12.0 Å². The summed E-state index contributed by atoms with van der Waals surface area (Å²) in [5.74, 6) is -0.380. The van der Waals surface area contributed by atoms with Crippen LogP contribution in [0.3, 0.4) is 0 Å². The van der Waals surface area contributed by atoms with Gasteiger partial charge in [-0.3, -0.25) is 9.89 Å². The number of nitriles is 1. The highest BCUT2D eigenvalue weighted by Crippen LogP contribution is 2.20. The number of benzene rings is 1. The minimum absolute atomic E-state index is 0.127. The lowest BCUT2D eigenvalue weighted by Gasteiger charge is -2.17. The highest BCUT2D eigenvalue weighted by atomic mass is 16.2. The monoisotopic (exact) mass is 324 g/mol. The maximum atomic E-state index is 12.3. The number of carbonyl (C=O) groups excluding carboxylic acids is 2. The summed E-state index contributed by atoms with van der Waals surface area (Å²) >= 11 is 0. The van der Waals surface area contributed by atoms with Gasteiger partial charge < -0.3 is 15.5 Å². The molecular formula is C16H16N6O2. The average Bonchev–Trinajstić information content (AvgIpc) is 3.26. The minimum atomic E-state index is -0.274. The van der Waals surface area contributed by atoms with Gasteiger partial charge >= 0.3 is 6.03 Å². The Labute approximate surface area is 138 Å². The van der Waals surface area contributed by atoms with Crippen molar-refractivity contribution in [2.75, 3.05) is 23.7 Å².